The van der Waals surface area contributed by atoms with Gasteiger partial charge in [-0.3, -0.25) is 4.90 Å². The summed E-state index contributed by atoms with van der Waals surface area (Å²) in [5, 5.41) is 0. The number of guanidine groups is 2. The second kappa shape index (κ2) is 8.90. The molecular formula is C24H29N5O3. The molecule has 0 saturated heterocycles. The van der Waals surface area contributed by atoms with Gasteiger partial charge >= 0.3 is 5.97 Å². The minimum atomic E-state index is -0.653. The third-order valence-corrected chi connectivity index (χ3v) is 5.94. The molecule has 0 aromatic heterocycles. The molecule has 1 fully saturated rings. The fourth-order valence-corrected chi connectivity index (χ4v) is 4.53. The van der Waals surface area contributed by atoms with Crippen LogP contribution in [0.2, 0.25) is 0 Å². The van der Waals surface area contributed by atoms with Crippen molar-refractivity contribution in [3.8, 4) is 5.75 Å². The van der Waals surface area contributed by atoms with E-state index in [9.17, 15) is 4.79 Å². The maximum atomic E-state index is 12.7. The van der Waals surface area contributed by atoms with E-state index in [0.29, 0.717) is 17.0 Å². The van der Waals surface area contributed by atoms with Gasteiger partial charge in [0.2, 0.25) is 11.9 Å². The molecule has 1 spiro atoms. The summed E-state index contributed by atoms with van der Waals surface area (Å²) in [5.74, 6) is 0.329. The molecule has 2 aromatic carbocycles. The lowest BCUT2D eigenvalue weighted by Crippen LogP contribution is -2.58. The summed E-state index contributed by atoms with van der Waals surface area (Å²) >= 11 is 0. The SMILES string of the molecule is COC(=O)c1cc(C)cc(N2C(N)=NC(N)=NC23CCCCC3)c1OCc1ccccc1. The molecule has 0 atom stereocenters. The van der Waals surface area contributed by atoms with Crippen LogP contribution in [0.5, 0.6) is 5.75 Å². The van der Waals surface area contributed by atoms with E-state index in [1.165, 1.54) is 7.11 Å². The quantitative estimate of drug-likeness (QED) is 0.695. The summed E-state index contributed by atoms with van der Waals surface area (Å²) in [6, 6.07) is 13.5. The van der Waals surface area contributed by atoms with E-state index >= 15 is 0 Å². The zero-order valence-electron chi connectivity index (χ0n) is 18.5. The molecule has 32 heavy (non-hydrogen) atoms. The van der Waals surface area contributed by atoms with Gasteiger partial charge in [0.05, 0.1) is 12.8 Å². The Labute approximate surface area is 187 Å². The number of methoxy groups -OCH3 is 1. The van der Waals surface area contributed by atoms with E-state index in [4.69, 9.17) is 25.9 Å². The van der Waals surface area contributed by atoms with Crippen molar-refractivity contribution in [2.45, 2.75) is 51.3 Å². The monoisotopic (exact) mass is 435 g/mol. The van der Waals surface area contributed by atoms with Crippen LogP contribution < -0.4 is 21.1 Å². The number of nitrogens with zero attached hydrogens (tertiary/aromatic N) is 3. The predicted octanol–water partition coefficient (Wildman–Crippen LogP) is 3.47. The second-order valence-electron chi connectivity index (χ2n) is 8.25. The van der Waals surface area contributed by atoms with E-state index < -0.39 is 11.6 Å². The van der Waals surface area contributed by atoms with E-state index in [1.54, 1.807) is 6.07 Å². The number of carbonyl (C=O) groups excluding carboxylic acids is 1. The van der Waals surface area contributed by atoms with Crippen LogP contribution in [0.15, 0.2) is 52.4 Å². The minimum Gasteiger partial charge on any atom is -0.486 e. The van der Waals surface area contributed by atoms with E-state index in [0.717, 1.165) is 43.2 Å². The number of nitrogens with two attached hydrogens (primary N) is 2. The predicted molar refractivity (Wildman–Crippen MR) is 125 cm³/mol. The number of esters is 1. The highest BCUT2D eigenvalue weighted by Gasteiger charge is 2.44. The van der Waals surface area contributed by atoms with Gasteiger partial charge in [-0.25, -0.2) is 9.79 Å². The Hall–Kier alpha value is -3.55. The van der Waals surface area contributed by atoms with Gasteiger partial charge in [-0.2, -0.15) is 4.99 Å². The number of benzene rings is 2. The van der Waals surface area contributed by atoms with Crippen LogP contribution in [0.3, 0.4) is 0 Å². The van der Waals surface area contributed by atoms with Gasteiger partial charge in [-0.15, -0.1) is 0 Å². The summed E-state index contributed by atoms with van der Waals surface area (Å²) < 4.78 is 11.3. The van der Waals surface area contributed by atoms with Crippen molar-refractivity contribution in [2.24, 2.45) is 21.5 Å². The molecule has 1 heterocycles. The number of aliphatic imine (C=N–C) groups is 2. The molecule has 2 aliphatic rings. The number of carbonyl (C=O) groups is 1. The average molecular weight is 436 g/mol. The number of ether oxygens (including phenoxy) is 2. The Morgan fingerprint density at radius 3 is 2.53 bits per heavy atom. The van der Waals surface area contributed by atoms with E-state index in [-0.39, 0.29) is 18.5 Å². The highest BCUT2D eigenvalue weighted by molar-refractivity contribution is 6.07. The van der Waals surface area contributed by atoms with Crippen LogP contribution >= 0.6 is 0 Å². The van der Waals surface area contributed by atoms with Gasteiger partial charge in [0.15, 0.2) is 5.75 Å². The van der Waals surface area contributed by atoms with Crippen molar-refractivity contribution in [1.29, 1.82) is 0 Å². The van der Waals surface area contributed by atoms with Crippen molar-refractivity contribution in [2.75, 3.05) is 12.0 Å². The summed E-state index contributed by atoms with van der Waals surface area (Å²) in [5.41, 5.74) is 14.6. The average Bonchev–Trinajstić information content (AvgIpc) is 2.78. The second-order valence-corrected chi connectivity index (χ2v) is 8.25. The summed E-state index contributed by atoms with van der Waals surface area (Å²) in [7, 11) is 1.36. The zero-order valence-corrected chi connectivity index (χ0v) is 18.5. The first-order chi connectivity index (χ1) is 15.4. The third kappa shape index (κ3) is 4.12. The molecule has 0 unspecified atom stereocenters. The third-order valence-electron chi connectivity index (χ3n) is 5.94. The highest BCUT2D eigenvalue weighted by Crippen LogP contribution is 2.44. The Bertz CT molecular complexity index is 1060. The lowest BCUT2D eigenvalue weighted by molar-refractivity contribution is 0.0595. The Morgan fingerprint density at radius 1 is 1.12 bits per heavy atom. The number of aryl methyl sites for hydroxylation is 1. The molecule has 0 radical (unpaired) electrons. The molecule has 168 valence electrons. The number of hydrogen-bond acceptors (Lipinski definition) is 8. The van der Waals surface area contributed by atoms with E-state index in [2.05, 4.69) is 4.99 Å². The van der Waals surface area contributed by atoms with Gasteiger partial charge in [0.1, 0.15) is 17.8 Å². The van der Waals surface area contributed by atoms with Gasteiger partial charge < -0.3 is 20.9 Å². The number of rotatable bonds is 5. The molecular weight excluding hydrogens is 406 g/mol. The van der Waals surface area contributed by atoms with E-state index in [1.807, 2.05) is 48.2 Å². The van der Waals surface area contributed by atoms with Gasteiger partial charge in [-0.1, -0.05) is 36.8 Å². The fraction of sp³-hybridized carbons (Fsp3) is 0.375. The topological polar surface area (TPSA) is 116 Å². The van der Waals surface area contributed by atoms with Crippen LogP contribution in [0.4, 0.5) is 5.69 Å². The van der Waals surface area contributed by atoms with Crippen molar-refractivity contribution in [3.63, 3.8) is 0 Å². The molecule has 0 bridgehead atoms. The number of hydrogen-bond donors (Lipinski definition) is 2. The molecule has 2 aromatic rings. The molecule has 1 aliphatic carbocycles. The van der Waals surface area contributed by atoms with Gasteiger partial charge in [0, 0.05) is 0 Å². The molecule has 4 rings (SSSR count). The summed E-state index contributed by atoms with van der Waals surface area (Å²) in [6.07, 6.45) is 4.68. The van der Waals surface area contributed by atoms with Crippen molar-refractivity contribution in [1.82, 2.24) is 0 Å². The first-order valence-corrected chi connectivity index (χ1v) is 10.8. The lowest BCUT2D eigenvalue weighted by atomic mass is 9.87. The summed E-state index contributed by atoms with van der Waals surface area (Å²) in [4.78, 5) is 23.6. The van der Waals surface area contributed by atoms with Crippen LogP contribution in [0.25, 0.3) is 0 Å². The zero-order chi connectivity index (χ0) is 22.7. The molecule has 4 N–H and O–H groups in total. The standard InChI is InChI=1S/C24H29N5O3/c1-16-13-18(21(30)31-2)20(32-15-17-9-5-3-6-10-17)19(14-16)29-23(26)27-22(25)28-24(29)11-7-4-8-12-24/h3,5-6,9-10,13-14H,4,7-8,11-12,15H2,1-2H3,(H4,25,26,27,28). The highest BCUT2D eigenvalue weighted by atomic mass is 16.5. The first kappa shape index (κ1) is 21.7. The Balaban J connectivity index is 1.85. The van der Waals surface area contributed by atoms with Crippen LogP contribution in [0.1, 0.15) is 53.6 Å². The Kier molecular flexibility index (Phi) is 6.03. The largest absolute Gasteiger partial charge is 0.486 e. The normalized spacial score (nSPS) is 17.5. The smallest absolute Gasteiger partial charge is 0.341 e. The lowest BCUT2D eigenvalue weighted by Gasteiger charge is -2.46. The van der Waals surface area contributed by atoms with Gasteiger partial charge in [0.25, 0.3) is 0 Å². The Morgan fingerprint density at radius 2 is 1.84 bits per heavy atom. The molecule has 8 nitrogen and oxygen atoms in total. The summed E-state index contributed by atoms with van der Waals surface area (Å²) in [6.45, 7) is 2.20. The molecule has 8 heteroatoms. The van der Waals surface area contributed by atoms with Crippen LogP contribution in [0, 0.1) is 6.92 Å². The molecule has 1 saturated carbocycles. The molecule has 1 aliphatic heterocycles. The van der Waals surface area contributed by atoms with Crippen molar-refractivity contribution in [3.05, 3.63) is 59.2 Å². The van der Waals surface area contributed by atoms with Crippen molar-refractivity contribution < 1.29 is 14.3 Å². The first-order valence-electron chi connectivity index (χ1n) is 10.8. The number of anilines is 1. The van der Waals surface area contributed by atoms with Gasteiger partial charge in [-0.05, 0) is 55.9 Å². The maximum absolute atomic E-state index is 12.7. The maximum Gasteiger partial charge on any atom is 0.341 e. The van der Waals surface area contributed by atoms with Crippen LogP contribution in [-0.2, 0) is 11.3 Å². The fourth-order valence-electron chi connectivity index (χ4n) is 4.53. The minimum absolute atomic E-state index is 0.174. The van der Waals surface area contributed by atoms with Crippen molar-refractivity contribution >= 4 is 23.6 Å². The molecule has 0 amide bonds. The van der Waals surface area contributed by atoms with Crippen LogP contribution in [-0.4, -0.2) is 30.7 Å².